The highest BCUT2D eigenvalue weighted by atomic mass is 16.1. The first kappa shape index (κ1) is 11.9. The summed E-state index contributed by atoms with van der Waals surface area (Å²) in [5.41, 5.74) is 0.990. The first-order valence-corrected chi connectivity index (χ1v) is 6.12. The van der Waals surface area contributed by atoms with E-state index in [0.29, 0.717) is 0 Å². The summed E-state index contributed by atoms with van der Waals surface area (Å²) in [5, 5.41) is 6.11. The van der Waals surface area contributed by atoms with Gasteiger partial charge in [-0.2, -0.15) is 0 Å². The van der Waals surface area contributed by atoms with Gasteiger partial charge in [0, 0.05) is 18.8 Å². The fourth-order valence-electron chi connectivity index (χ4n) is 2.45. The van der Waals surface area contributed by atoms with Crippen molar-refractivity contribution in [3.8, 4) is 0 Å². The molecule has 1 fully saturated rings. The Morgan fingerprint density at radius 3 is 2.94 bits per heavy atom. The zero-order valence-electron chi connectivity index (χ0n) is 10.4. The second kappa shape index (κ2) is 5.17. The quantitative estimate of drug-likeness (QED) is 0.835. The summed E-state index contributed by atoms with van der Waals surface area (Å²) in [7, 11) is 1.70. The molecular formula is C13H19N3O. The molecule has 4 heteroatoms. The van der Waals surface area contributed by atoms with Gasteiger partial charge in [0.1, 0.15) is 5.82 Å². The van der Waals surface area contributed by atoms with E-state index in [1.807, 2.05) is 25.1 Å². The van der Waals surface area contributed by atoms with Crippen molar-refractivity contribution < 1.29 is 4.79 Å². The Morgan fingerprint density at radius 1 is 1.41 bits per heavy atom. The van der Waals surface area contributed by atoms with Crippen molar-refractivity contribution >= 4 is 11.7 Å². The molecule has 4 nitrogen and oxygen atoms in total. The summed E-state index contributed by atoms with van der Waals surface area (Å²) in [6.45, 7) is 1.97. The monoisotopic (exact) mass is 233 g/mol. The zero-order valence-corrected chi connectivity index (χ0v) is 10.4. The Morgan fingerprint density at radius 2 is 2.24 bits per heavy atom. The molecule has 0 aliphatic heterocycles. The van der Waals surface area contributed by atoms with Gasteiger partial charge in [0.15, 0.2) is 0 Å². The van der Waals surface area contributed by atoms with E-state index in [2.05, 4.69) is 15.6 Å². The molecule has 0 bridgehead atoms. The van der Waals surface area contributed by atoms with Crippen LogP contribution in [0.5, 0.6) is 0 Å². The van der Waals surface area contributed by atoms with Crippen LogP contribution in [0.3, 0.4) is 0 Å². The summed E-state index contributed by atoms with van der Waals surface area (Å²) >= 11 is 0. The molecule has 17 heavy (non-hydrogen) atoms. The second-order valence-electron chi connectivity index (χ2n) is 4.57. The average molecular weight is 233 g/mol. The van der Waals surface area contributed by atoms with Gasteiger partial charge in [-0.15, -0.1) is 0 Å². The highest BCUT2D eigenvalue weighted by Crippen LogP contribution is 2.28. The van der Waals surface area contributed by atoms with E-state index in [9.17, 15) is 4.79 Å². The number of nitrogens with zero attached hydrogens (tertiary/aromatic N) is 1. The number of carbonyl (C=O) groups is 1. The Hall–Kier alpha value is -1.58. The van der Waals surface area contributed by atoms with Crippen LogP contribution in [0.1, 0.15) is 25.0 Å². The molecule has 0 radical (unpaired) electrons. The molecule has 1 aromatic rings. The number of pyridine rings is 1. The molecule has 2 N–H and O–H groups in total. The predicted octanol–water partition coefficient (Wildman–Crippen LogP) is 1.72. The van der Waals surface area contributed by atoms with Crippen molar-refractivity contribution in [1.29, 1.82) is 0 Å². The molecule has 1 aliphatic carbocycles. The van der Waals surface area contributed by atoms with Crippen molar-refractivity contribution in [3.63, 3.8) is 0 Å². The van der Waals surface area contributed by atoms with Gasteiger partial charge in [-0.05, 0) is 31.9 Å². The Balaban J connectivity index is 2.05. The van der Waals surface area contributed by atoms with Gasteiger partial charge in [-0.1, -0.05) is 12.5 Å². The van der Waals surface area contributed by atoms with Crippen LogP contribution in [0.25, 0.3) is 0 Å². The lowest BCUT2D eigenvalue weighted by atomic mass is 10.0. The standard InChI is InChI=1S/C13H19N3O/c1-9-5-3-8-12(15-9)16-11-7-4-6-10(11)13(17)14-2/h3,5,8,10-11H,4,6-7H2,1-2H3,(H,14,17)(H,15,16)/t10-,11-/m0/s1. The van der Waals surface area contributed by atoms with Crippen molar-refractivity contribution in [1.82, 2.24) is 10.3 Å². The number of hydrogen-bond acceptors (Lipinski definition) is 3. The molecule has 1 saturated carbocycles. The molecular weight excluding hydrogens is 214 g/mol. The number of nitrogens with one attached hydrogen (secondary N) is 2. The minimum Gasteiger partial charge on any atom is -0.367 e. The number of aryl methyl sites for hydroxylation is 1. The topological polar surface area (TPSA) is 54.0 Å². The third kappa shape index (κ3) is 2.75. The minimum atomic E-state index is 0.0716. The number of rotatable bonds is 3. The number of hydrogen-bond donors (Lipinski definition) is 2. The van der Waals surface area contributed by atoms with E-state index in [-0.39, 0.29) is 17.9 Å². The normalized spacial score (nSPS) is 23.4. The summed E-state index contributed by atoms with van der Waals surface area (Å²) in [6.07, 6.45) is 3.10. The van der Waals surface area contributed by atoms with Crippen molar-refractivity contribution in [2.45, 2.75) is 32.2 Å². The van der Waals surface area contributed by atoms with E-state index in [1.165, 1.54) is 0 Å². The predicted molar refractivity (Wildman–Crippen MR) is 67.8 cm³/mol. The van der Waals surface area contributed by atoms with Crippen LogP contribution in [0, 0.1) is 12.8 Å². The highest BCUT2D eigenvalue weighted by Gasteiger charge is 2.32. The highest BCUT2D eigenvalue weighted by molar-refractivity contribution is 5.79. The lowest BCUT2D eigenvalue weighted by Crippen LogP contribution is -2.36. The maximum atomic E-state index is 11.7. The van der Waals surface area contributed by atoms with Crippen LogP contribution in [-0.2, 0) is 4.79 Å². The largest absolute Gasteiger partial charge is 0.367 e. The van der Waals surface area contributed by atoms with Crippen LogP contribution >= 0.6 is 0 Å². The van der Waals surface area contributed by atoms with Crippen LogP contribution < -0.4 is 10.6 Å². The summed E-state index contributed by atoms with van der Waals surface area (Å²) in [5.74, 6) is 1.07. The Bertz CT molecular complexity index is 405. The van der Waals surface area contributed by atoms with Crippen LogP contribution in [0.2, 0.25) is 0 Å². The molecule has 1 aliphatic rings. The molecule has 2 atom stereocenters. The van der Waals surface area contributed by atoms with E-state index in [0.717, 1.165) is 30.8 Å². The SMILES string of the molecule is CNC(=O)[C@H]1CCC[C@@H]1Nc1cccc(C)n1. The van der Waals surface area contributed by atoms with E-state index in [4.69, 9.17) is 0 Å². The summed E-state index contributed by atoms with van der Waals surface area (Å²) in [6, 6.07) is 6.11. The lowest BCUT2D eigenvalue weighted by molar-refractivity contribution is -0.124. The molecule has 0 saturated heterocycles. The van der Waals surface area contributed by atoms with Gasteiger partial charge < -0.3 is 10.6 Å². The van der Waals surface area contributed by atoms with Gasteiger partial charge >= 0.3 is 0 Å². The fraction of sp³-hybridized carbons (Fsp3) is 0.538. The molecule has 0 unspecified atom stereocenters. The van der Waals surface area contributed by atoms with Crippen LogP contribution in [-0.4, -0.2) is 24.0 Å². The Labute approximate surface area is 102 Å². The molecule has 1 aromatic heterocycles. The lowest BCUT2D eigenvalue weighted by Gasteiger charge is -2.20. The Kier molecular flexibility index (Phi) is 3.61. The minimum absolute atomic E-state index is 0.0716. The van der Waals surface area contributed by atoms with Gasteiger partial charge in [0.25, 0.3) is 0 Å². The second-order valence-corrected chi connectivity index (χ2v) is 4.57. The first-order chi connectivity index (χ1) is 8.20. The third-order valence-corrected chi connectivity index (χ3v) is 3.32. The number of aromatic nitrogens is 1. The van der Waals surface area contributed by atoms with E-state index in [1.54, 1.807) is 7.05 Å². The number of carbonyl (C=O) groups excluding carboxylic acids is 1. The van der Waals surface area contributed by atoms with Crippen molar-refractivity contribution in [2.75, 3.05) is 12.4 Å². The maximum absolute atomic E-state index is 11.7. The number of amides is 1. The van der Waals surface area contributed by atoms with Gasteiger partial charge in [0.2, 0.25) is 5.91 Å². The summed E-state index contributed by atoms with van der Waals surface area (Å²) in [4.78, 5) is 16.1. The van der Waals surface area contributed by atoms with E-state index < -0.39 is 0 Å². The average Bonchev–Trinajstić information content (AvgIpc) is 2.76. The third-order valence-electron chi connectivity index (χ3n) is 3.32. The molecule has 2 rings (SSSR count). The molecule has 0 spiro atoms. The fourth-order valence-corrected chi connectivity index (χ4v) is 2.45. The zero-order chi connectivity index (χ0) is 12.3. The van der Waals surface area contributed by atoms with Crippen molar-refractivity contribution in [3.05, 3.63) is 23.9 Å². The van der Waals surface area contributed by atoms with Gasteiger partial charge in [-0.25, -0.2) is 4.98 Å². The summed E-state index contributed by atoms with van der Waals surface area (Å²) < 4.78 is 0. The van der Waals surface area contributed by atoms with Crippen molar-refractivity contribution in [2.24, 2.45) is 5.92 Å². The van der Waals surface area contributed by atoms with Crippen LogP contribution in [0.4, 0.5) is 5.82 Å². The first-order valence-electron chi connectivity index (χ1n) is 6.12. The number of anilines is 1. The maximum Gasteiger partial charge on any atom is 0.224 e. The molecule has 1 amide bonds. The van der Waals surface area contributed by atoms with Crippen LogP contribution in [0.15, 0.2) is 18.2 Å². The molecule has 1 heterocycles. The van der Waals surface area contributed by atoms with Gasteiger partial charge in [-0.3, -0.25) is 4.79 Å². The molecule has 0 aromatic carbocycles. The van der Waals surface area contributed by atoms with E-state index >= 15 is 0 Å². The smallest absolute Gasteiger partial charge is 0.224 e. The van der Waals surface area contributed by atoms with Gasteiger partial charge in [0.05, 0.1) is 5.92 Å². The molecule has 92 valence electrons.